The molecule has 2 aromatic heterocycles. The highest BCUT2D eigenvalue weighted by atomic mass is 16.4. The highest BCUT2D eigenvalue weighted by molar-refractivity contribution is 6.00. The number of aryl methyl sites for hydroxylation is 1. The number of hydrogen-bond donors (Lipinski definition) is 3. The van der Waals surface area contributed by atoms with Gasteiger partial charge < -0.3 is 15.2 Å². The van der Waals surface area contributed by atoms with Crippen molar-refractivity contribution in [1.82, 2.24) is 9.97 Å². The number of rotatable bonds is 2. The molecule has 0 amide bonds. The van der Waals surface area contributed by atoms with Gasteiger partial charge in [0.05, 0.1) is 22.2 Å². The standard InChI is InChI=1S/C15H12N2O3/c1-8-13(10-6-5-9(7-16-10)15(19)20)14-11(17-8)3-2-4-12(14)18/h2-7,17-18H,1H3,(H,19,20). The molecule has 0 saturated heterocycles. The lowest BCUT2D eigenvalue weighted by Crippen LogP contribution is -1.97. The van der Waals surface area contributed by atoms with Gasteiger partial charge in [0, 0.05) is 17.5 Å². The number of aromatic amines is 1. The molecule has 0 aliphatic heterocycles. The van der Waals surface area contributed by atoms with Gasteiger partial charge in [-0.15, -0.1) is 0 Å². The van der Waals surface area contributed by atoms with Gasteiger partial charge >= 0.3 is 5.97 Å². The number of phenols is 1. The van der Waals surface area contributed by atoms with E-state index in [0.29, 0.717) is 11.1 Å². The number of carboxylic acid groups (broad SMARTS) is 1. The minimum absolute atomic E-state index is 0.135. The first-order valence-corrected chi connectivity index (χ1v) is 6.08. The fraction of sp³-hybridized carbons (Fsp3) is 0.0667. The normalized spacial score (nSPS) is 10.8. The Bertz CT molecular complexity index is 804. The SMILES string of the molecule is Cc1[nH]c2cccc(O)c2c1-c1ccc(C(=O)O)cn1. The van der Waals surface area contributed by atoms with Crippen LogP contribution in [0.2, 0.25) is 0 Å². The summed E-state index contributed by atoms with van der Waals surface area (Å²) >= 11 is 0. The van der Waals surface area contributed by atoms with Crippen molar-refractivity contribution in [1.29, 1.82) is 0 Å². The number of benzene rings is 1. The largest absolute Gasteiger partial charge is 0.507 e. The van der Waals surface area contributed by atoms with Crippen LogP contribution in [0.1, 0.15) is 16.1 Å². The van der Waals surface area contributed by atoms with Gasteiger partial charge in [-0.05, 0) is 31.2 Å². The highest BCUT2D eigenvalue weighted by Crippen LogP contribution is 2.36. The summed E-state index contributed by atoms with van der Waals surface area (Å²) in [4.78, 5) is 18.2. The molecule has 0 atom stereocenters. The van der Waals surface area contributed by atoms with Crippen LogP contribution in [0.25, 0.3) is 22.2 Å². The van der Waals surface area contributed by atoms with Crippen LogP contribution in [0.5, 0.6) is 5.75 Å². The minimum atomic E-state index is -1.01. The number of carboxylic acids is 1. The van der Waals surface area contributed by atoms with Crippen molar-refractivity contribution in [2.45, 2.75) is 6.92 Å². The molecule has 2 heterocycles. The Morgan fingerprint density at radius 3 is 2.70 bits per heavy atom. The van der Waals surface area contributed by atoms with E-state index >= 15 is 0 Å². The lowest BCUT2D eigenvalue weighted by Gasteiger charge is -2.03. The zero-order chi connectivity index (χ0) is 14.3. The van der Waals surface area contributed by atoms with Gasteiger partial charge in [-0.25, -0.2) is 4.79 Å². The van der Waals surface area contributed by atoms with E-state index in [4.69, 9.17) is 5.11 Å². The van der Waals surface area contributed by atoms with Crippen LogP contribution < -0.4 is 0 Å². The number of aromatic carboxylic acids is 1. The van der Waals surface area contributed by atoms with Crippen LogP contribution in [-0.2, 0) is 0 Å². The predicted molar refractivity (Wildman–Crippen MR) is 74.9 cm³/mol. The first kappa shape index (κ1) is 12.2. The van der Waals surface area contributed by atoms with Crippen LogP contribution >= 0.6 is 0 Å². The maximum atomic E-state index is 10.8. The molecule has 3 rings (SSSR count). The Kier molecular flexibility index (Phi) is 2.68. The molecular formula is C15H12N2O3. The number of aromatic nitrogens is 2. The van der Waals surface area contributed by atoms with E-state index in [9.17, 15) is 9.90 Å². The van der Waals surface area contributed by atoms with Crippen molar-refractivity contribution >= 4 is 16.9 Å². The van der Waals surface area contributed by atoms with Gasteiger partial charge in [-0.2, -0.15) is 0 Å². The second kappa shape index (κ2) is 4.38. The van der Waals surface area contributed by atoms with E-state index < -0.39 is 5.97 Å². The average molecular weight is 268 g/mol. The first-order chi connectivity index (χ1) is 9.58. The molecule has 0 saturated carbocycles. The summed E-state index contributed by atoms with van der Waals surface area (Å²) in [6.45, 7) is 1.89. The van der Waals surface area contributed by atoms with Gasteiger partial charge in [0.1, 0.15) is 5.75 Å². The molecule has 100 valence electrons. The molecule has 0 radical (unpaired) electrons. The molecule has 0 unspecified atom stereocenters. The summed E-state index contributed by atoms with van der Waals surface area (Å²) in [7, 11) is 0. The minimum Gasteiger partial charge on any atom is -0.507 e. The lowest BCUT2D eigenvalue weighted by atomic mass is 10.1. The number of pyridine rings is 1. The van der Waals surface area contributed by atoms with Gasteiger partial charge in [-0.3, -0.25) is 4.98 Å². The second-order valence-corrected chi connectivity index (χ2v) is 4.56. The summed E-state index contributed by atoms with van der Waals surface area (Å²) in [6.07, 6.45) is 1.32. The van der Waals surface area contributed by atoms with Gasteiger partial charge in [0.25, 0.3) is 0 Å². The van der Waals surface area contributed by atoms with Crippen LogP contribution in [-0.4, -0.2) is 26.2 Å². The number of nitrogens with zero attached hydrogens (tertiary/aromatic N) is 1. The molecule has 1 aromatic carbocycles. The molecular weight excluding hydrogens is 256 g/mol. The number of nitrogens with one attached hydrogen (secondary N) is 1. The Labute approximate surface area is 114 Å². The van der Waals surface area contributed by atoms with E-state index in [0.717, 1.165) is 16.8 Å². The maximum Gasteiger partial charge on any atom is 0.337 e. The second-order valence-electron chi connectivity index (χ2n) is 4.56. The number of carbonyl (C=O) groups is 1. The summed E-state index contributed by atoms with van der Waals surface area (Å²) in [5.41, 5.74) is 3.24. The Balaban J connectivity index is 2.23. The molecule has 0 aliphatic rings. The summed E-state index contributed by atoms with van der Waals surface area (Å²) in [5, 5.41) is 19.6. The zero-order valence-corrected chi connectivity index (χ0v) is 10.7. The van der Waals surface area contributed by atoms with Crippen LogP contribution in [0, 0.1) is 6.92 Å². The van der Waals surface area contributed by atoms with Crippen molar-refractivity contribution in [3.05, 3.63) is 47.8 Å². The fourth-order valence-electron chi connectivity index (χ4n) is 2.35. The third kappa shape index (κ3) is 1.80. The summed E-state index contributed by atoms with van der Waals surface area (Å²) in [6, 6.07) is 8.40. The quantitative estimate of drug-likeness (QED) is 0.667. The Morgan fingerprint density at radius 1 is 1.25 bits per heavy atom. The molecule has 0 bridgehead atoms. The maximum absolute atomic E-state index is 10.8. The third-order valence-corrected chi connectivity index (χ3v) is 3.26. The Morgan fingerprint density at radius 2 is 2.05 bits per heavy atom. The van der Waals surface area contributed by atoms with Crippen LogP contribution in [0.4, 0.5) is 0 Å². The molecule has 3 aromatic rings. The van der Waals surface area contributed by atoms with Gasteiger partial charge in [-0.1, -0.05) is 6.07 Å². The number of fused-ring (bicyclic) bond motifs is 1. The first-order valence-electron chi connectivity index (χ1n) is 6.08. The summed E-state index contributed by atoms with van der Waals surface area (Å²) < 4.78 is 0. The van der Waals surface area contributed by atoms with Crippen molar-refractivity contribution in [2.24, 2.45) is 0 Å². The molecule has 5 nitrogen and oxygen atoms in total. The average Bonchev–Trinajstić information content (AvgIpc) is 2.76. The topological polar surface area (TPSA) is 86.2 Å². The van der Waals surface area contributed by atoms with Crippen molar-refractivity contribution in [3.8, 4) is 17.0 Å². The van der Waals surface area contributed by atoms with E-state index in [1.807, 2.05) is 13.0 Å². The Hall–Kier alpha value is -2.82. The molecule has 0 aliphatic carbocycles. The smallest absolute Gasteiger partial charge is 0.337 e. The number of hydrogen-bond acceptors (Lipinski definition) is 3. The monoisotopic (exact) mass is 268 g/mol. The number of aromatic hydroxyl groups is 1. The third-order valence-electron chi connectivity index (χ3n) is 3.26. The predicted octanol–water partition coefficient (Wildman–Crippen LogP) is 2.94. The van der Waals surface area contributed by atoms with Crippen molar-refractivity contribution in [3.63, 3.8) is 0 Å². The molecule has 20 heavy (non-hydrogen) atoms. The summed E-state index contributed by atoms with van der Waals surface area (Å²) in [5.74, 6) is -0.839. The van der Waals surface area contributed by atoms with Gasteiger partial charge in [0.15, 0.2) is 0 Å². The van der Waals surface area contributed by atoms with Crippen LogP contribution in [0.15, 0.2) is 36.5 Å². The molecule has 3 N–H and O–H groups in total. The van der Waals surface area contributed by atoms with E-state index in [2.05, 4.69) is 9.97 Å². The van der Waals surface area contributed by atoms with E-state index in [1.54, 1.807) is 18.2 Å². The molecule has 0 spiro atoms. The number of H-pyrrole nitrogens is 1. The van der Waals surface area contributed by atoms with Gasteiger partial charge in [0.2, 0.25) is 0 Å². The fourth-order valence-corrected chi connectivity index (χ4v) is 2.35. The lowest BCUT2D eigenvalue weighted by molar-refractivity contribution is 0.0696. The van der Waals surface area contributed by atoms with Crippen molar-refractivity contribution < 1.29 is 15.0 Å². The highest BCUT2D eigenvalue weighted by Gasteiger charge is 2.15. The molecule has 5 heteroatoms. The van der Waals surface area contributed by atoms with Crippen LogP contribution in [0.3, 0.4) is 0 Å². The van der Waals surface area contributed by atoms with E-state index in [-0.39, 0.29) is 11.3 Å². The zero-order valence-electron chi connectivity index (χ0n) is 10.7. The van der Waals surface area contributed by atoms with Crippen molar-refractivity contribution in [2.75, 3.05) is 0 Å². The van der Waals surface area contributed by atoms with E-state index in [1.165, 1.54) is 12.3 Å². The number of phenolic OH excluding ortho intramolecular Hbond substituents is 1. The molecule has 0 fully saturated rings.